The van der Waals surface area contributed by atoms with E-state index in [-0.39, 0.29) is 12.3 Å². The van der Waals surface area contributed by atoms with E-state index in [2.05, 4.69) is 32.4 Å². The van der Waals surface area contributed by atoms with Gasteiger partial charge < -0.3 is 9.73 Å². The molecule has 9 nitrogen and oxygen atoms in total. The molecule has 0 aliphatic heterocycles. The van der Waals surface area contributed by atoms with Crippen molar-refractivity contribution in [1.82, 2.24) is 30.4 Å². The average molecular weight is 398 g/mol. The monoisotopic (exact) mass is 398 g/mol. The molecule has 3 heterocycles. The molecule has 3 aromatic heterocycles. The molecule has 0 spiro atoms. The fourth-order valence-electron chi connectivity index (χ4n) is 2.31. The summed E-state index contributed by atoms with van der Waals surface area (Å²) in [4.78, 5) is 27.6. The third kappa shape index (κ3) is 5.07. The van der Waals surface area contributed by atoms with Crippen molar-refractivity contribution < 1.29 is 14.0 Å². The highest BCUT2D eigenvalue weighted by atomic mass is 32.2. The number of carbonyl (C=O) groups is 2. The third-order valence-corrected chi connectivity index (χ3v) is 4.49. The number of nitrogens with one attached hydrogen (secondary N) is 2. The predicted octanol–water partition coefficient (Wildman–Crippen LogP) is 2.09. The van der Waals surface area contributed by atoms with E-state index in [9.17, 15) is 9.59 Å². The molecule has 0 fully saturated rings. The highest BCUT2D eigenvalue weighted by Crippen LogP contribution is 2.24. The van der Waals surface area contributed by atoms with Gasteiger partial charge in [-0.1, -0.05) is 17.8 Å². The summed E-state index contributed by atoms with van der Waals surface area (Å²) in [6.07, 6.45) is 6.48. The minimum atomic E-state index is -0.571. The zero-order valence-corrected chi connectivity index (χ0v) is 15.7. The third-order valence-electron chi connectivity index (χ3n) is 3.52. The first kappa shape index (κ1) is 19.4. The Labute approximate surface area is 165 Å². The summed E-state index contributed by atoms with van der Waals surface area (Å²) in [5.74, 6) is 0.892. The van der Waals surface area contributed by atoms with E-state index in [1.54, 1.807) is 24.7 Å². The van der Waals surface area contributed by atoms with Gasteiger partial charge in [0.1, 0.15) is 5.76 Å². The number of carbonyl (C=O) groups excluding carboxylic acids is 2. The normalized spacial score (nSPS) is 10.4. The number of hydrogen-bond acceptors (Lipinski definition) is 7. The van der Waals surface area contributed by atoms with Gasteiger partial charge in [-0.25, -0.2) is 4.79 Å². The first-order valence-electron chi connectivity index (χ1n) is 8.34. The number of nitrogens with zero attached hydrogens (tertiary/aromatic N) is 4. The van der Waals surface area contributed by atoms with E-state index < -0.39 is 11.9 Å². The second-order valence-corrected chi connectivity index (χ2v) is 6.49. The van der Waals surface area contributed by atoms with E-state index in [0.717, 1.165) is 11.3 Å². The van der Waals surface area contributed by atoms with Crippen molar-refractivity contribution in [3.8, 4) is 11.4 Å². The summed E-state index contributed by atoms with van der Waals surface area (Å²) in [6, 6.07) is 6.76. The van der Waals surface area contributed by atoms with Gasteiger partial charge in [-0.2, -0.15) is 0 Å². The lowest BCUT2D eigenvalue weighted by molar-refractivity contribution is -0.117. The number of hydrogen-bond donors (Lipinski definition) is 2. The first-order valence-corrected chi connectivity index (χ1v) is 9.33. The molecule has 0 aliphatic carbocycles. The first-order chi connectivity index (χ1) is 13.7. The average Bonchev–Trinajstić information content (AvgIpc) is 3.36. The fourth-order valence-corrected chi connectivity index (χ4v) is 3.04. The van der Waals surface area contributed by atoms with Crippen LogP contribution in [0.25, 0.3) is 11.4 Å². The zero-order chi connectivity index (χ0) is 19.8. The molecule has 10 heteroatoms. The van der Waals surface area contributed by atoms with Crippen LogP contribution >= 0.6 is 11.8 Å². The maximum atomic E-state index is 12.0. The lowest BCUT2D eigenvalue weighted by Gasteiger charge is -2.09. The van der Waals surface area contributed by atoms with Crippen LogP contribution in [-0.2, 0) is 11.3 Å². The van der Waals surface area contributed by atoms with Gasteiger partial charge in [-0.15, -0.1) is 16.8 Å². The van der Waals surface area contributed by atoms with Crippen molar-refractivity contribution in [2.24, 2.45) is 0 Å². The van der Waals surface area contributed by atoms with Crippen molar-refractivity contribution in [1.29, 1.82) is 0 Å². The molecule has 0 saturated heterocycles. The summed E-state index contributed by atoms with van der Waals surface area (Å²) < 4.78 is 7.27. The van der Waals surface area contributed by atoms with Crippen LogP contribution < -0.4 is 10.6 Å². The summed E-state index contributed by atoms with van der Waals surface area (Å²) in [5, 5.41) is 13.7. The number of aromatic nitrogens is 4. The number of imide groups is 1. The fraction of sp³-hybridized carbons (Fsp3) is 0.167. The Morgan fingerprint density at radius 3 is 2.89 bits per heavy atom. The van der Waals surface area contributed by atoms with E-state index in [1.165, 1.54) is 17.8 Å². The molecule has 28 heavy (non-hydrogen) atoms. The van der Waals surface area contributed by atoms with Crippen LogP contribution in [0, 0.1) is 0 Å². The largest absolute Gasteiger partial charge is 0.467 e. The molecule has 3 rings (SSSR count). The molecule has 0 aromatic carbocycles. The van der Waals surface area contributed by atoms with E-state index in [0.29, 0.717) is 17.5 Å². The molecule has 0 atom stereocenters. The Kier molecular flexibility index (Phi) is 6.58. The Hall–Kier alpha value is -3.40. The molecule has 0 unspecified atom stereocenters. The van der Waals surface area contributed by atoms with Crippen molar-refractivity contribution in [3.63, 3.8) is 0 Å². The summed E-state index contributed by atoms with van der Waals surface area (Å²) in [6.45, 7) is 4.17. The van der Waals surface area contributed by atoms with Crippen molar-refractivity contribution in [2.45, 2.75) is 11.7 Å². The van der Waals surface area contributed by atoms with Gasteiger partial charge in [0.05, 0.1) is 18.6 Å². The van der Waals surface area contributed by atoms with Gasteiger partial charge in [0.25, 0.3) is 0 Å². The van der Waals surface area contributed by atoms with E-state index in [1.807, 2.05) is 22.8 Å². The number of rotatable bonds is 8. The molecular formula is C18H18N6O3S. The Bertz CT molecular complexity index is 940. The molecule has 144 valence electrons. The molecule has 3 aromatic rings. The predicted molar refractivity (Wildman–Crippen MR) is 104 cm³/mol. The van der Waals surface area contributed by atoms with Gasteiger partial charge in [0, 0.05) is 24.5 Å². The Morgan fingerprint density at radius 1 is 1.29 bits per heavy atom. The quantitative estimate of drug-likeness (QED) is 0.441. The van der Waals surface area contributed by atoms with Crippen LogP contribution in [-0.4, -0.2) is 44.0 Å². The summed E-state index contributed by atoms with van der Waals surface area (Å²) in [5.41, 5.74) is 0.793. The zero-order valence-electron chi connectivity index (χ0n) is 14.9. The van der Waals surface area contributed by atoms with Crippen LogP contribution in [0.15, 0.2) is 65.2 Å². The van der Waals surface area contributed by atoms with Crippen molar-refractivity contribution in [2.75, 3.05) is 12.3 Å². The van der Waals surface area contributed by atoms with E-state index in [4.69, 9.17) is 4.42 Å². The SMILES string of the molecule is C=CCNC(=O)NC(=O)CSc1nnc(-c2cccnc2)n1Cc1ccco1. The summed E-state index contributed by atoms with van der Waals surface area (Å²) >= 11 is 1.17. The maximum absolute atomic E-state index is 12.0. The highest BCUT2D eigenvalue weighted by Gasteiger charge is 2.17. The van der Waals surface area contributed by atoms with Crippen LogP contribution in [0.5, 0.6) is 0 Å². The van der Waals surface area contributed by atoms with Crippen LogP contribution in [0.1, 0.15) is 5.76 Å². The smallest absolute Gasteiger partial charge is 0.321 e. The molecule has 0 bridgehead atoms. The van der Waals surface area contributed by atoms with Crippen LogP contribution in [0.2, 0.25) is 0 Å². The Balaban J connectivity index is 1.73. The van der Waals surface area contributed by atoms with Crippen molar-refractivity contribution >= 4 is 23.7 Å². The van der Waals surface area contributed by atoms with Gasteiger partial charge in [0.2, 0.25) is 5.91 Å². The molecule has 0 aliphatic rings. The minimum absolute atomic E-state index is 0.00480. The van der Waals surface area contributed by atoms with Gasteiger partial charge in [0.15, 0.2) is 11.0 Å². The highest BCUT2D eigenvalue weighted by molar-refractivity contribution is 7.99. The maximum Gasteiger partial charge on any atom is 0.321 e. The molecule has 2 N–H and O–H groups in total. The second-order valence-electron chi connectivity index (χ2n) is 5.55. The van der Waals surface area contributed by atoms with Crippen molar-refractivity contribution in [3.05, 3.63) is 61.3 Å². The van der Waals surface area contributed by atoms with Gasteiger partial charge in [-0.05, 0) is 24.3 Å². The lowest BCUT2D eigenvalue weighted by atomic mass is 10.2. The lowest BCUT2D eigenvalue weighted by Crippen LogP contribution is -2.40. The second kappa shape index (κ2) is 9.51. The number of amides is 3. The van der Waals surface area contributed by atoms with Crippen LogP contribution in [0.3, 0.4) is 0 Å². The van der Waals surface area contributed by atoms with Gasteiger partial charge >= 0.3 is 6.03 Å². The minimum Gasteiger partial charge on any atom is -0.467 e. The Morgan fingerprint density at radius 2 is 2.18 bits per heavy atom. The molecule has 3 amide bonds. The summed E-state index contributed by atoms with van der Waals surface area (Å²) in [7, 11) is 0. The van der Waals surface area contributed by atoms with Gasteiger partial charge in [-0.3, -0.25) is 19.7 Å². The standard InChI is InChI=1S/C18H18N6O3S/c1-2-7-20-17(26)21-15(25)12-28-18-23-22-16(13-5-3-8-19-10-13)24(18)11-14-6-4-9-27-14/h2-6,8-10H,1,7,11-12H2,(H2,20,21,25,26). The topological polar surface area (TPSA) is 115 Å². The number of pyridine rings is 1. The number of urea groups is 1. The molecule has 0 saturated carbocycles. The molecular weight excluding hydrogens is 380 g/mol. The molecule has 0 radical (unpaired) electrons. The number of thioether (sulfide) groups is 1. The van der Waals surface area contributed by atoms with Crippen LogP contribution in [0.4, 0.5) is 4.79 Å². The van der Waals surface area contributed by atoms with E-state index >= 15 is 0 Å². The number of furan rings is 1.